The highest BCUT2D eigenvalue weighted by atomic mass is 16.7. The lowest BCUT2D eigenvalue weighted by Gasteiger charge is -2.39. The van der Waals surface area contributed by atoms with Gasteiger partial charge in [0.1, 0.15) is 0 Å². The van der Waals surface area contributed by atoms with Crippen LogP contribution in [0.1, 0.15) is 60.3 Å². The van der Waals surface area contributed by atoms with Crippen molar-refractivity contribution >= 4 is 23.2 Å². The standard InChI is InChI=1S/C40H46N4O6/c41-35-8-3-4-9-36(35)43-39(47)11-5-10-38(46)42-25-32-6-1-2-7-34(32)29-16-18-31(19-17-29)40-49-33(26-44-20-22-48-23-21-44)24-37(50-40)30-14-12-28(27-45)13-15-30/h1-4,6-9,12-19,33,37,40,45H,5,10-11,20-27,41H2,(H,42,46)(H,43,47)/t33-,37+,40+/m0/s1. The number of benzene rings is 4. The fraction of sp³-hybridized carbons (Fsp3) is 0.350. The van der Waals surface area contributed by atoms with Crippen LogP contribution in [0.4, 0.5) is 11.4 Å². The van der Waals surface area contributed by atoms with Gasteiger partial charge < -0.3 is 35.7 Å². The molecule has 2 heterocycles. The first-order chi connectivity index (χ1) is 24.4. The van der Waals surface area contributed by atoms with Crippen molar-refractivity contribution < 1.29 is 28.9 Å². The topological polar surface area (TPSA) is 135 Å². The average molecular weight is 679 g/mol. The van der Waals surface area contributed by atoms with E-state index in [0.29, 0.717) is 24.3 Å². The summed E-state index contributed by atoms with van der Waals surface area (Å²) in [5.41, 5.74) is 12.9. The summed E-state index contributed by atoms with van der Waals surface area (Å²) in [5.74, 6) is -0.283. The van der Waals surface area contributed by atoms with Crippen LogP contribution in [0.3, 0.4) is 0 Å². The van der Waals surface area contributed by atoms with Gasteiger partial charge in [0.2, 0.25) is 11.8 Å². The number of nitrogens with one attached hydrogen (secondary N) is 2. The Hall–Kier alpha value is -4.58. The molecule has 0 unspecified atom stereocenters. The van der Waals surface area contributed by atoms with Crippen LogP contribution in [0.5, 0.6) is 0 Å². The number of anilines is 2. The van der Waals surface area contributed by atoms with Gasteiger partial charge in [-0.25, -0.2) is 0 Å². The van der Waals surface area contributed by atoms with E-state index in [1.165, 1.54) is 0 Å². The van der Waals surface area contributed by atoms with Crippen LogP contribution in [-0.2, 0) is 37.0 Å². The van der Waals surface area contributed by atoms with Crippen molar-refractivity contribution in [1.82, 2.24) is 10.2 Å². The summed E-state index contributed by atoms with van der Waals surface area (Å²) in [6, 6.07) is 31.3. The molecular formula is C40H46N4O6. The second-order valence-electron chi connectivity index (χ2n) is 12.8. The maximum Gasteiger partial charge on any atom is 0.224 e. The quantitative estimate of drug-likeness (QED) is 0.132. The molecule has 2 saturated heterocycles. The van der Waals surface area contributed by atoms with Gasteiger partial charge in [-0.15, -0.1) is 0 Å². The molecule has 6 rings (SSSR count). The van der Waals surface area contributed by atoms with Gasteiger partial charge in [0, 0.05) is 51.0 Å². The minimum Gasteiger partial charge on any atom is -0.397 e. The third-order valence-corrected chi connectivity index (χ3v) is 9.21. The van der Waals surface area contributed by atoms with Gasteiger partial charge in [0.05, 0.1) is 43.4 Å². The molecule has 3 atom stereocenters. The molecule has 0 aliphatic carbocycles. The average Bonchev–Trinajstić information content (AvgIpc) is 3.15. The Kier molecular flexibility index (Phi) is 12.3. The molecule has 50 heavy (non-hydrogen) atoms. The number of morpholine rings is 1. The van der Waals surface area contributed by atoms with E-state index in [1.807, 2.05) is 72.8 Å². The first-order valence-electron chi connectivity index (χ1n) is 17.3. The summed E-state index contributed by atoms with van der Waals surface area (Å²) < 4.78 is 18.7. The van der Waals surface area contributed by atoms with Crippen molar-refractivity contribution in [2.45, 2.75) is 57.3 Å². The third-order valence-electron chi connectivity index (χ3n) is 9.21. The number of hydrogen-bond acceptors (Lipinski definition) is 8. The van der Waals surface area contributed by atoms with Crippen molar-refractivity contribution in [3.63, 3.8) is 0 Å². The highest BCUT2D eigenvalue weighted by molar-refractivity contribution is 5.94. The largest absolute Gasteiger partial charge is 0.397 e. The first kappa shape index (κ1) is 35.3. The molecule has 10 nitrogen and oxygen atoms in total. The van der Waals surface area contributed by atoms with E-state index in [2.05, 4.69) is 27.7 Å². The summed E-state index contributed by atoms with van der Waals surface area (Å²) in [7, 11) is 0. The van der Waals surface area contributed by atoms with Gasteiger partial charge >= 0.3 is 0 Å². The molecule has 2 aliphatic heterocycles. The molecule has 10 heteroatoms. The summed E-state index contributed by atoms with van der Waals surface area (Å²) in [5, 5.41) is 15.3. The molecule has 2 aliphatic rings. The van der Waals surface area contributed by atoms with E-state index < -0.39 is 6.29 Å². The number of aliphatic hydroxyl groups excluding tert-OH is 1. The van der Waals surface area contributed by atoms with Crippen molar-refractivity contribution in [2.75, 3.05) is 43.9 Å². The van der Waals surface area contributed by atoms with E-state index >= 15 is 0 Å². The maximum absolute atomic E-state index is 12.7. The molecule has 0 radical (unpaired) electrons. The normalized spacial score (nSPS) is 19.5. The van der Waals surface area contributed by atoms with Crippen molar-refractivity contribution in [3.05, 3.63) is 119 Å². The summed E-state index contributed by atoms with van der Waals surface area (Å²) in [4.78, 5) is 27.4. The lowest BCUT2D eigenvalue weighted by molar-refractivity contribution is -0.253. The molecule has 262 valence electrons. The number of rotatable bonds is 13. The summed E-state index contributed by atoms with van der Waals surface area (Å²) in [6.45, 7) is 4.42. The number of nitrogens with zero attached hydrogens (tertiary/aromatic N) is 1. The predicted octanol–water partition coefficient (Wildman–Crippen LogP) is 5.73. The second-order valence-corrected chi connectivity index (χ2v) is 12.8. The summed E-state index contributed by atoms with van der Waals surface area (Å²) in [6.07, 6.45) is 0.941. The molecule has 0 bridgehead atoms. The zero-order valence-corrected chi connectivity index (χ0v) is 28.3. The van der Waals surface area contributed by atoms with Gasteiger partial charge in [-0.1, -0.05) is 84.9 Å². The number of ether oxygens (including phenoxy) is 3. The number of para-hydroxylation sites is 2. The smallest absolute Gasteiger partial charge is 0.224 e. The highest BCUT2D eigenvalue weighted by Crippen LogP contribution is 2.39. The van der Waals surface area contributed by atoms with E-state index in [0.717, 1.165) is 72.6 Å². The second kappa shape index (κ2) is 17.4. The molecule has 0 spiro atoms. The number of carbonyl (C=O) groups is 2. The number of carbonyl (C=O) groups excluding carboxylic acids is 2. The first-order valence-corrected chi connectivity index (χ1v) is 17.3. The number of hydrogen-bond donors (Lipinski definition) is 4. The molecule has 4 aromatic carbocycles. The SMILES string of the molecule is Nc1ccccc1NC(=O)CCCC(=O)NCc1ccccc1-c1ccc([C@@H]2O[C@H](CN3CCOCC3)C[C@H](c3ccc(CO)cc3)O2)cc1. The van der Waals surface area contributed by atoms with Crippen molar-refractivity contribution in [1.29, 1.82) is 0 Å². The van der Waals surface area contributed by atoms with Gasteiger partial charge in [0.25, 0.3) is 0 Å². The molecule has 4 aromatic rings. The van der Waals surface area contributed by atoms with Crippen molar-refractivity contribution in [2.24, 2.45) is 0 Å². The van der Waals surface area contributed by atoms with Crippen LogP contribution in [0.2, 0.25) is 0 Å². The van der Waals surface area contributed by atoms with E-state index in [9.17, 15) is 14.7 Å². The Morgan fingerprint density at radius 3 is 2.28 bits per heavy atom. The van der Waals surface area contributed by atoms with E-state index in [-0.39, 0.29) is 43.5 Å². The Bertz CT molecular complexity index is 1710. The zero-order chi connectivity index (χ0) is 34.7. The minimum absolute atomic E-state index is 0.00521. The molecule has 0 aromatic heterocycles. The van der Waals surface area contributed by atoms with Crippen LogP contribution in [0, 0.1) is 0 Å². The summed E-state index contributed by atoms with van der Waals surface area (Å²) >= 11 is 0. The van der Waals surface area contributed by atoms with Gasteiger partial charge in [0.15, 0.2) is 6.29 Å². The van der Waals surface area contributed by atoms with Crippen LogP contribution < -0.4 is 16.4 Å². The maximum atomic E-state index is 12.7. The number of nitrogens with two attached hydrogens (primary N) is 1. The lowest BCUT2D eigenvalue weighted by atomic mass is 9.97. The molecule has 5 N–H and O–H groups in total. The van der Waals surface area contributed by atoms with E-state index in [1.54, 1.807) is 12.1 Å². The number of amides is 2. The minimum atomic E-state index is -0.534. The van der Waals surface area contributed by atoms with Gasteiger partial charge in [-0.3, -0.25) is 14.5 Å². The fourth-order valence-electron chi connectivity index (χ4n) is 6.40. The monoisotopic (exact) mass is 678 g/mol. The Labute approximate surface area is 293 Å². The Balaban J connectivity index is 1.07. The molecular weight excluding hydrogens is 632 g/mol. The van der Waals surface area contributed by atoms with Crippen molar-refractivity contribution in [3.8, 4) is 11.1 Å². The van der Waals surface area contributed by atoms with Crippen LogP contribution in [0.25, 0.3) is 11.1 Å². The van der Waals surface area contributed by atoms with E-state index in [4.69, 9.17) is 19.9 Å². The lowest BCUT2D eigenvalue weighted by Crippen LogP contribution is -2.44. The Morgan fingerprint density at radius 1 is 0.820 bits per heavy atom. The van der Waals surface area contributed by atoms with Crippen LogP contribution in [-0.4, -0.2) is 60.8 Å². The molecule has 2 amide bonds. The predicted molar refractivity (Wildman–Crippen MR) is 193 cm³/mol. The number of nitrogen functional groups attached to an aromatic ring is 1. The fourth-order valence-corrected chi connectivity index (χ4v) is 6.40. The zero-order valence-electron chi connectivity index (χ0n) is 28.3. The van der Waals surface area contributed by atoms with Gasteiger partial charge in [-0.05, 0) is 46.4 Å². The van der Waals surface area contributed by atoms with Gasteiger partial charge in [-0.2, -0.15) is 0 Å². The Morgan fingerprint density at radius 2 is 1.52 bits per heavy atom. The highest BCUT2D eigenvalue weighted by Gasteiger charge is 2.33. The molecule has 0 saturated carbocycles. The molecule has 2 fully saturated rings. The number of aliphatic hydroxyl groups is 1. The van der Waals surface area contributed by atoms with Crippen LogP contribution >= 0.6 is 0 Å². The van der Waals surface area contributed by atoms with Crippen LogP contribution in [0.15, 0.2) is 97.1 Å². The third kappa shape index (κ3) is 9.56.